The maximum Gasteiger partial charge on any atom is 0.157 e. The highest BCUT2D eigenvalue weighted by Crippen LogP contribution is 2.23. The van der Waals surface area contributed by atoms with Crippen molar-refractivity contribution in [2.45, 2.75) is 6.61 Å². The lowest BCUT2D eigenvalue weighted by molar-refractivity contribution is 0.178. The molecule has 0 atom stereocenters. The molecule has 1 aromatic heterocycles. The minimum Gasteiger partial charge on any atom is -0.377 e. The largest absolute Gasteiger partial charge is 0.377 e. The fourth-order valence-electron chi connectivity index (χ4n) is 1.65. The second-order valence-electron chi connectivity index (χ2n) is 3.86. The van der Waals surface area contributed by atoms with E-state index in [2.05, 4.69) is 15.3 Å². The predicted molar refractivity (Wildman–Crippen MR) is 67.6 cm³/mol. The van der Waals surface area contributed by atoms with Crippen LogP contribution < -0.4 is 5.32 Å². The van der Waals surface area contributed by atoms with Crippen molar-refractivity contribution in [3.05, 3.63) is 41.7 Å². The number of methoxy groups -OCH3 is 1. The number of anilines is 1. The van der Waals surface area contributed by atoms with Gasteiger partial charge in [-0.25, -0.2) is 18.7 Å². The van der Waals surface area contributed by atoms with Gasteiger partial charge in [-0.15, -0.1) is 0 Å². The summed E-state index contributed by atoms with van der Waals surface area (Å²) in [5, 5.41) is 2.86. The molecule has 2 rings (SSSR count). The summed E-state index contributed by atoms with van der Waals surface area (Å²) in [5.74, 6) is -0.320. The van der Waals surface area contributed by atoms with Gasteiger partial charge in [0.05, 0.1) is 5.69 Å². The van der Waals surface area contributed by atoms with Gasteiger partial charge in [-0.1, -0.05) is 0 Å². The van der Waals surface area contributed by atoms with Gasteiger partial charge in [-0.2, -0.15) is 0 Å². The number of benzene rings is 1. The molecule has 0 saturated carbocycles. The Hall–Kier alpha value is -2.08. The number of hydrogen-bond donors (Lipinski definition) is 1. The summed E-state index contributed by atoms with van der Waals surface area (Å²) in [7, 11) is 3.22. The van der Waals surface area contributed by atoms with Gasteiger partial charge in [0, 0.05) is 31.9 Å². The van der Waals surface area contributed by atoms with Crippen LogP contribution in [-0.4, -0.2) is 24.1 Å². The predicted octanol–water partition coefficient (Wildman–Crippen LogP) is 2.61. The van der Waals surface area contributed by atoms with Crippen LogP contribution >= 0.6 is 0 Å². The second kappa shape index (κ2) is 5.71. The van der Waals surface area contributed by atoms with E-state index in [-0.39, 0.29) is 12.2 Å². The molecule has 1 N–H and O–H groups in total. The first kappa shape index (κ1) is 13.4. The highest BCUT2D eigenvalue weighted by Gasteiger charge is 2.11. The van der Waals surface area contributed by atoms with Crippen LogP contribution in [0.1, 0.15) is 5.82 Å². The Kier molecular flexibility index (Phi) is 4.01. The summed E-state index contributed by atoms with van der Waals surface area (Å²) in [5.41, 5.74) is 0.599. The Morgan fingerprint density at radius 2 is 2.00 bits per heavy atom. The lowest BCUT2D eigenvalue weighted by atomic mass is 10.1. The van der Waals surface area contributed by atoms with E-state index < -0.39 is 11.6 Å². The zero-order valence-corrected chi connectivity index (χ0v) is 10.6. The molecule has 0 fully saturated rings. The van der Waals surface area contributed by atoms with E-state index >= 15 is 0 Å². The van der Waals surface area contributed by atoms with Gasteiger partial charge in [0.25, 0.3) is 0 Å². The van der Waals surface area contributed by atoms with E-state index in [0.29, 0.717) is 17.3 Å². The maximum atomic E-state index is 13.7. The van der Waals surface area contributed by atoms with Crippen molar-refractivity contribution < 1.29 is 13.5 Å². The number of nitrogens with one attached hydrogen (secondary N) is 1. The molecule has 19 heavy (non-hydrogen) atoms. The quantitative estimate of drug-likeness (QED) is 0.923. The molecule has 0 bridgehead atoms. The van der Waals surface area contributed by atoms with Crippen molar-refractivity contribution in [2.24, 2.45) is 0 Å². The zero-order chi connectivity index (χ0) is 13.8. The Bertz CT molecular complexity index is 590. The topological polar surface area (TPSA) is 47.0 Å². The van der Waals surface area contributed by atoms with Crippen molar-refractivity contribution in [2.75, 3.05) is 19.5 Å². The van der Waals surface area contributed by atoms with Gasteiger partial charge in [0.2, 0.25) is 0 Å². The third-order valence-electron chi connectivity index (χ3n) is 2.51. The summed E-state index contributed by atoms with van der Waals surface area (Å²) in [4.78, 5) is 8.36. The average molecular weight is 265 g/mol. The van der Waals surface area contributed by atoms with Crippen LogP contribution in [0.25, 0.3) is 11.3 Å². The lowest BCUT2D eigenvalue weighted by Gasteiger charge is -2.08. The first-order chi connectivity index (χ1) is 9.13. The molecule has 1 heterocycles. The molecule has 4 nitrogen and oxygen atoms in total. The summed E-state index contributed by atoms with van der Waals surface area (Å²) in [6.45, 7) is 0.214. The van der Waals surface area contributed by atoms with Crippen LogP contribution in [0.3, 0.4) is 0 Å². The van der Waals surface area contributed by atoms with E-state index in [0.717, 1.165) is 6.07 Å². The highest BCUT2D eigenvalue weighted by molar-refractivity contribution is 5.63. The number of aromatic nitrogens is 2. The van der Waals surface area contributed by atoms with Gasteiger partial charge in [-0.3, -0.25) is 0 Å². The smallest absolute Gasteiger partial charge is 0.157 e. The molecule has 0 aliphatic heterocycles. The fourth-order valence-corrected chi connectivity index (χ4v) is 1.65. The Labute approximate surface area is 109 Å². The third kappa shape index (κ3) is 3.03. The molecule has 1 aromatic carbocycles. The molecule has 0 aliphatic carbocycles. The van der Waals surface area contributed by atoms with Crippen LogP contribution in [0.2, 0.25) is 0 Å². The van der Waals surface area contributed by atoms with Crippen molar-refractivity contribution in [1.29, 1.82) is 0 Å². The Morgan fingerprint density at radius 1 is 1.21 bits per heavy atom. The van der Waals surface area contributed by atoms with E-state index in [9.17, 15) is 8.78 Å². The maximum absolute atomic E-state index is 13.7. The van der Waals surface area contributed by atoms with Crippen LogP contribution in [0.15, 0.2) is 24.3 Å². The summed E-state index contributed by atoms with van der Waals surface area (Å²) >= 11 is 0. The highest BCUT2D eigenvalue weighted by atomic mass is 19.1. The number of nitrogens with zero attached hydrogens (tertiary/aromatic N) is 2. The van der Waals surface area contributed by atoms with Crippen molar-refractivity contribution in [3.63, 3.8) is 0 Å². The van der Waals surface area contributed by atoms with Crippen molar-refractivity contribution >= 4 is 5.82 Å². The van der Waals surface area contributed by atoms with Gasteiger partial charge >= 0.3 is 0 Å². The SMILES string of the molecule is CNc1cc(-c2ccc(F)cc2F)nc(COC)n1. The van der Waals surface area contributed by atoms with Crippen LogP contribution in [-0.2, 0) is 11.3 Å². The normalized spacial score (nSPS) is 10.5. The first-order valence-corrected chi connectivity index (χ1v) is 5.64. The molecule has 0 spiro atoms. The molecule has 0 radical (unpaired) electrons. The molecule has 2 aromatic rings. The standard InChI is InChI=1S/C13H13F2N3O/c1-16-12-6-11(17-13(18-12)7-19-2)9-4-3-8(14)5-10(9)15/h3-6H,7H2,1-2H3,(H,16,17,18). The zero-order valence-electron chi connectivity index (χ0n) is 10.6. The van der Waals surface area contributed by atoms with E-state index in [1.807, 2.05) is 0 Å². The Balaban J connectivity index is 2.51. The minimum absolute atomic E-state index is 0.214. The van der Waals surface area contributed by atoms with E-state index in [4.69, 9.17) is 4.74 Å². The van der Waals surface area contributed by atoms with Crippen LogP contribution in [0, 0.1) is 11.6 Å². The minimum atomic E-state index is -0.663. The van der Waals surface area contributed by atoms with Crippen molar-refractivity contribution in [3.8, 4) is 11.3 Å². The van der Waals surface area contributed by atoms with Gasteiger partial charge in [-0.05, 0) is 12.1 Å². The molecule has 0 amide bonds. The van der Waals surface area contributed by atoms with Gasteiger partial charge in [0.1, 0.15) is 24.1 Å². The monoisotopic (exact) mass is 265 g/mol. The van der Waals surface area contributed by atoms with Gasteiger partial charge < -0.3 is 10.1 Å². The molecule has 0 saturated heterocycles. The Morgan fingerprint density at radius 3 is 2.63 bits per heavy atom. The molecular formula is C13H13F2N3O. The molecule has 6 heteroatoms. The third-order valence-corrected chi connectivity index (χ3v) is 2.51. The molecule has 100 valence electrons. The molecular weight excluding hydrogens is 252 g/mol. The van der Waals surface area contributed by atoms with Crippen molar-refractivity contribution in [1.82, 2.24) is 9.97 Å². The lowest BCUT2D eigenvalue weighted by Crippen LogP contribution is -2.03. The first-order valence-electron chi connectivity index (χ1n) is 5.64. The summed E-state index contributed by atoms with van der Waals surface area (Å²) < 4.78 is 31.6. The fraction of sp³-hybridized carbons (Fsp3) is 0.231. The van der Waals surface area contributed by atoms with Crippen LogP contribution in [0.4, 0.5) is 14.6 Å². The number of rotatable bonds is 4. The van der Waals surface area contributed by atoms with Gasteiger partial charge in [0.15, 0.2) is 5.82 Å². The summed E-state index contributed by atoms with van der Waals surface area (Å²) in [6.07, 6.45) is 0. The number of ether oxygens (including phenoxy) is 1. The van der Waals surface area contributed by atoms with E-state index in [1.165, 1.54) is 19.2 Å². The molecule has 0 unspecified atom stereocenters. The number of hydrogen-bond acceptors (Lipinski definition) is 4. The second-order valence-corrected chi connectivity index (χ2v) is 3.86. The number of halogens is 2. The average Bonchev–Trinajstić information content (AvgIpc) is 2.38. The summed E-state index contributed by atoms with van der Waals surface area (Å²) in [6, 6.07) is 4.96. The molecule has 0 aliphatic rings. The van der Waals surface area contributed by atoms with E-state index in [1.54, 1.807) is 13.1 Å². The van der Waals surface area contributed by atoms with Crippen LogP contribution in [0.5, 0.6) is 0 Å².